The van der Waals surface area contributed by atoms with Gasteiger partial charge in [-0.15, -0.1) is 0 Å². The molecule has 0 saturated carbocycles. The molecule has 0 saturated heterocycles. The van der Waals surface area contributed by atoms with Crippen molar-refractivity contribution in [3.8, 4) is 0 Å². The topological polar surface area (TPSA) is 57.5 Å². The highest BCUT2D eigenvalue weighted by molar-refractivity contribution is 5.86. The van der Waals surface area contributed by atoms with Crippen LogP contribution < -0.4 is 0 Å². The predicted molar refractivity (Wildman–Crippen MR) is 65.1 cm³/mol. The molecule has 0 aliphatic heterocycles. The third kappa shape index (κ3) is 3.87. The summed E-state index contributed by atoms with van der Waals surface area (Å²) in [6, 6.07) is 0. The van der Waals surface area contributed by atoms with Crippen LogP contribution in [0.25, 0.3) is 0 Å². The Kier molecular flexibility index (Phi) is 4.72. The van der Waals surface area contributed by atoms with Crippen LogP contribution in [0.3, 0.4) is 0 Å². The van der Waals surface area contributed by atoms with Gasteiger partial charge in [0, 0.05) is 5.92 Å². The van der Waals surface area contributed by atoms with Crippen LogP contribution in [-0.4, -0.2) is 28.2 Å². The number of carbonyl (C=O) groups is 1. The molecule has 0 rings (SSSR count). The van der Waals surface area contributed by atoms with Crippen molar-refractivity contribution in [3.05, 3.63) is 0 Å². The summed E-state index contributed by atoms with van der Waals surface area (Å²) >= 11 is 0. The Morgan fingerprint density at radius 2 is 1.31 bits per heavy atom. The van der Waals surface area contributed by atoms with E-state index in [2.05, 4.69) is 0 Å². The number of Topliss-reactive ketones (excluding diaryl/α,β-unsaturated/α-hetero) is 1. The largest absolute Gasteiger partial charge is 0.389 e. The summed E-state index contributed by atoms with van der Waals surface area (Å²) in [5.74, 6) is -0.561. The van der Waals surface area contributed by atoms with Crippen LogP contribution in [0.4, 0.5) is 0 Å². The van der Waals surface area contributed by atoms with E-state index >= 15 is 0 Å². The number of carbonyl (C=O) groups excluding carboxylic acids is 1. The molecule has 0 spiro atoms. The van der Waals surface area contributed by atoms with Gasteiger partial charge in [-0.3, -0.25) is 4.79 Å². The summed E-state index contributed by atoms with van der Waals surface area (Å²) in [6.45, 7) is 13.0. The lowest BCUT2D eigenvalue weighted by Gasteiger charge is -2.33. The Hall–Kier alpha value is -0.410. The van der Waals surface area contributed by atoms with Gasteiger partial charge in [-0.1, -0.05) is 48.5 Å². The number of aliphatic hydroxyl groups excluding tert-OH is 2. The molecular weight excluding hydrogens is 204 g/mol. The molecule has 96 valence electrons. The molecule has 0 aliphatic rings. The van der Waals surface area contributed by atoms with E-state index in [0.29, 0.717) is 0 Å². The van der Waals surface area contributed by atoms with E-state index in [1.807, 2.05) is 20.8 Å². The zero-order valence-electron chi connectivity index (χ0n) is 11.5. The molecule has 0 aliphatic carbocycles. The first-order chi connectivity index (χ1) is 6.89. The van der Waals surface area contributed by atoms with Crippen LogP contribution in [-0.2, 0) is 4.79 Å². The Balaban J connectivity index is 4.76. The van der Waals surface area contributed by atoms with Crippen molar-refractivity contribution in [3.63, 3.8) is 0 Å². The molecule has 16 heavy (non-hydrogen) atoms. The maximum atomic E-state index is 12.0. The van der Waals surface area contributed by atoms with Crippen LogP contribution in [0, 0.1) is 16.7 Å². The second-order valence-corrected chi connectivity index (χ2v) is 6.75. The lowest BCUT2D eigenvalue weighted by atomic mass is 9.75. The van der Waals surface area contributed by atoms with Crippen LogP contribution in [0.2, 0.25) is 0 Å². The smallest absolute Gasteiger partial charge is 0.167 e. The van der Waals surface area contributed by atoms with Gasteiger partial charge in [0.1, 0.15) is 6.10 Å². The molecule has 0 aromatic heterocycles. The van der Waals surface area contributed by atoms with Crippen molar-refractivity contribution in [2.75, 3.05) is 0 Å². The Labute approximate surface area is 98.9 Å². The van der Waals surface area contributed by atoms with Crippen molar-refractivity contribution < 1.29 is 15.0 Å². The SMILES string of the molecule is C[C@@H](C(=O)C(O)C(O)C(C)(C)C)C(C)(C)C. The second kappa shape index (κ2) is 4.84. The minimum atomic E-state index is -1.30. The molecule has 2 unspecified atom stereocenters. The fourth-order valence-electron chi connectivity index (χ4n) is 1.31. The third-order valence-corrected chi connectivity index (χ3v) is 3.20. The fourth-order valence-corrected chi connectivity index (χ4v) is 1.31. The number of ketones is 1. The van der Waals surface area contributed by atoms with Crippen molar-refractivity contribution >= 4 is 5.78 Å². The molecule has 0 aromatic rings. The van der Waals surface area contributed by atoms with Crippen LogP contribution >= 0.6 is 0 Å². The minimum Gasteiger partial charge on any atom is -0.389 e. The maximum absolute atomic E-state index is 12.0. The van der Waals surface area contributed by atoms with Gasteiger partial charge in [0.2, 0.25) is 0 Å². The lowest BCUT2D eigenvalue weighted by Crippen LogP contribution is -2.46. The molecule has 0 fully saturated rings. The normalized spacial score (nSPS) is 19.1. The van der Waals surface area contributed by atoms with Crippen molar-refractivity contribution in [2.24, 2.45) is 16.7 Å². The van der Waals surface area contributed by atoms with E-state index in [-0.39, 0.29) is 17.1 Å². The summed E-state index contributed by atoms with van der Waals surface area (Å²) < 4.78 is 0. The van der Waals surface area contributed by atoms with E-state index in [4.69, 9.17) is 0 Å². The summed E-state index contributed by atoms with van der Waals surface area (Å²) in [7, 11) is 0. The zero-order chi connectivity index (χ0) is 13.3. The van der Waals surface area contributed by atoms with E-state index in [1.54, 1.807) is 27.7 Å². The molecule has 0 amide bonds. The van der Waals surface area contributed by atoms with Crippen molar-refractivity contribution in [1.29, 1.82) is 0 Å². The number of hydrogen-bond donors (Lipinski definition) is 2. The molecule has 3 heteroatoms. The summed E-state index contributed by atoms with van der Waals surface area (Å²) in [5.41, 5.74) is -0.692. The first kappa shape index (κ1) is 15.6. The average molecular weight is 230 g/mol. The quantitative estimate of drug-likeness (QED) is 0.779. The second-order valence-electron chi connectivity index (χ2n) is 6.75. The first-order valence-electron chi connectivity index (χ1n) is 5.79. The lowest BCUT2D eigenvalue weighted by molar-refractivity contribution is -0.144. The third-order valence-electron chi connectivity index (χ3n) is 3.20. The molecule has 0 radical (unpaired) electrons. The van der Waals surface area contributed by atoms with Gasteiger partial charge in [0.05, 0.1) is 6.10 Å². The van der Waals surface area contributed by atoms with Gasteiger partial charge in [0.25, 0.3) is 0 Å². The number of aliphatic hydroxyl groups is 2. The van der Waals surface area contributed by atoms with Gasteiger partial charge < -0.3 is 10.2 Å². The van der Waals surface area contributed by atoms with Gasteiger partial charge in [-0.25, -0.2) is 0 Å². The van der Waals surface area contributed by atoms with Crippen LogP contribution in [0.1, 0.15) is 48.5 Å². The number of hydrogen-bond acceptors (Lipinski definition) is 3. The van der Waals surface area contributed by atoms with E-state index in [0.717, 1.165) is 0 Å². The van der Waals surface area contributed by atoms with Gasteiger partial charge in [-0.05, 0) is 10.8 Å². The van der Waals surface area contributed by atoms with E-state index < -0.39 is 17.6 Å². The fraction of sp³-hybridized carbons (Fsp3) is 0.923. The van der Waals surface area contributed by atoms with Gasteiger partial charge >= 0.3 is 0 Å². The summed E-state index contributed by atoms with van der Waals surface area (Å²) in [4.78, 5) is 12.0. The molecule has 0 heterocycles. The molecule has 3 atom stereocenters. The van der Waals surface area contributed by atoms with E-state index in [9.17, 15) is 15.0 Å². The van der Waals surface area contributed by atoms with Crippen LogP contribution in [0.5, 0.6) is 0 Å². The Bertz CT molecular complexity index is 245. The number of rotatable bonds is 3. The van der Waals surface area contributed by atoms with E-state index in [1.165, 1.54) is 0 Å². The molecule has 0 aromatic carbocycles. The van der Waals surface area contributed by atoms with Crippen molar-refractivity contribution in [1.82, 2.24) is 0 Å². The Morgan fingerprint density at radius 1 is 0.938 bits per heavy atom. The molecule has 3 nitrogen and oxygen atoms in total. The maximum Gasteiger partial charge on any atom is 0.167 e. The Morgan fingerprint density at radius 3 is 1.56 bits per heavy atom. The molecule has 0 bridgehead atoms. The highest BCUT2D eigenvalue weighted by Crippen LogP contribution is 2.30. The van der Waals surface area contributed by atoms with Gasteiger partial charge in [0.15, 0.2) is 5.78 Å². The molecule has 2 N–H and O–H groups in total. The van der Waals surface area contributed by atoms with Crippen molar-refractivity contribution in [2.45, 2.75) is 60.7 Å². The highest BCUT2D eigenvalue weighted by atomic mass is 16.3. The summed E-state index contributed by atoms with van der Waals surface area (Å²) in [6.07, 6.45) is -2.32. The average Bonchev–Trinajstić information content (AvgIpc) is 2.10. The van der Waals surface area contributed by atoms with Crippen LogP contribution in [0.15, 0.2) is 0 Å². The van der Waals surface area contributed by atoms with Gasteiger partial charge in [-0.2, -0.15) is 0 Å². The molecular formula is C13H26O3. The first-order valence-corrected chi connectivity index (χ1v) is 5.79. The standard InChI is InChI=1S/C13H26O3/c1-8(12(2,3)4)9(14)10(15)11(16)13(5,6)7/h8,10-11,15-16H,1-7H3/t8-,10?,11?/m0/s1. The highest BCUT2D eigenvalue weighted by Gasteiger charge is 2.38. The monoisotopic (exact) mass is 230 g/mol. The summed E-state index contributed by atoms with van der Waals surface area (Å²) in [5, 5.41) is 19.7. The zero-order valence-corrected chi connectivity index (χ0v) is 11.5. The predicted octanol–water partition coefficient (Wildman–Crippen LogP) is 2.01. The minimum absolute atomic E-state index is 0.199.